The van der Waals surface area contributed by atoms with Crippen molar-refractivity contribution < 1.29 is 23.1 Å². The zero-order valence-electron chi connectivity index (χ0n) is 16.5. The maximum absolute atomic E-state index is 14.3. The molecule has 0 spiro atoms. The molecule has 0 fully saturated rings. The van der Waals surface area contributed by atoms with Gasteiger partial charge in [0.25, 0.3) is 11.8 Å². The molecule has 0 aromatic heterocycles. The molecule has 0 saturated carbocycles. The zero-order chi connectivity index (χ0) is 21.3. The molecule has 0 N–H and O–H groups in total. The Balaban J connectivity index is 2.05. The third kappa shape index (κ3) is 4.34. The van der Waals surface area contributed by atoms with E-state index in [1.807, 2.05) is 27.7 Å². The van der Waals surface area contributed by atoms with Gasteiger partial charge in [-0.3, -0.25) is 9.59 Å². The topological polar surface area (TPSA) is 46.6 Å². The summed E-state index contributed by atoms with van der Waals surface area (Å²) in [6.07, 6.45) is -0.00115. The number of ether oxygens (including phenoxy) is 1. The maximum Gasteiger partial charge on any atom is 0.272 e. The lowest BCUT2D eigenvalue weighted by Gasteiger charge is -2.16. The molecule has 0 saturated heterocycles. The third-order valence-electron chi connectivity index (χ3n) is 4.06. The van der Waals surface area contributed by atoms with Crippen LogP contribution in [0.25, 0.3) is 5.57 Å². The number of carbonyl (C=O) groups is 2. The van der Waals surface area contributed by atoms with Gasteiger partial charge in [-0.25, -0.2) is 13.7 Å². The van der Waals surface area contributed by atoms with Gasteiger partial charge in [-0.1, -0.05) is 26.0 Å². The molecule has 4 nitrogen and oxygen atoms in total. The summed E-state index contributed by atoms with van der Waals surface area (Å²) < 4.78 is 33.2. The minimum absolute atomic E-state index is 0.00115. The molecule has 0 bridgehead atoms. The summed E-state index contributed by atoms with van der Waals surface area (Å²) in [5, 5.41) is 0.0262. The smallest absolute Gasteiger partial charge is 0.272 e. The predicted octanol–water partition coefficient (Wildman–Crippen LogP) is 5.18. The Bertz CT molecular complexity index is 984. The SMILES string of the molecule is CC(C)Oc1ccc(C2=C(SC(C)C)C(=O)N(c3ccc(F)cc3F)C2=O)cc1. The first-order valence-electron chi connectivity index (χ1n) is 9.21. The first-order valence-corrected chi connectivity index (χ1v) is 10.1. The van der Waals surface area contributed by atoms with Crippen molar-refractivity contribution in [2.75, 3.05) is 4.90 Å². The van der Waals surface area contributed by atoms with Crippen molar-refractivity contribution in [2.24, 2.45) is 0 Å². The lowest BCUT2D eigenvalue weighted by Crippen LogP contribution is -2.32. The molecule has 0 radical (unpaired) electrons. The Morgan fingerprint density at radius 3 is 2.14 bits per heavy atom. The highest BCUT2D eigenvalue weighted by Crippen LogP contribution is 2.40. The number of hydrogen-bond acceptors (Lipinski definition) is 4. The van der Waals surface area contributed by atoms with Gasteiger partial charge in [0, 0.05) is 11.3 Å². The summed E-state index contributed by atoms with van der Waals surface area (Å²) in [6, 6.07) is 9.61. The highest BCUT2D eigenvalue weighted by atomic mass is 32.2. The fraction of sp³-hybridized carbons (Fsp3) is 0.273. The quantitative estimate of drug-likeness (QED) is 0.608. The molecule has 1 heterocycles. The second kappa shape index (κ2) is 8.37. The van der Waals surface area contributed by atoms with Crippen molar-refractivity contribution >= 4 is 34.8 Å². The monoisotopic (exact) mass is 417 g/mol. The molecule has 152 valence electrons. The summed E-state index contributed by atoms with van der Waals surface area (Å²) in [6.45, 7) is 7.60. The van der Waals surface area contributed by atoms with Crippen molar-refractivity contribution in [2.45, 2.75) is 39.0 Å². The van der Waals surface area contributed by atoms with Crippen LogP contribution in [0.5, 0.6) is 5.75 Å². The summed E-state index contributed by atoms with van der Waals surface area (Å²) >= 11 is 1.24. The second-order valence-electron chi connectivity index (χ2n) is 7.10. The van der Waals surface area contributed by atoms with E-state index < -0.39 is 23.4 Å². The average Bonchev–Trinajstić information content (AvgIpc) is 2.86. The van der Waals surface area contributed by atoms with E-state index in [-0.39, 0.29) is 27.5 Å². The van der Waals surface area contributed by atoms with Gasteiger partial charge in [-0.05, 0) is 43.7 Å². The van der Waals surface area contributed by atoms with E-state index in [4.69, 9.17) is 4.74 Å². The van der Waals surface area contributed by atoms with Crippen molar-refractivity contribution in [1.29, 1.82) is 0 Å². The molecule has 0 aliphatic carbocycles. The first-order chi connectivity index (χ1) is 13.7. The lowest BCUT2D eigenvalue weighted by atomic mass is 10.1. The molecular formula is C22H21F2NO3S. The minimum Gasteiger partial charge on any atom is -0.491 e. The van der Waals surface area contributed by atoms with Crippen molar-refractivity contribution in [3.63, 3.8) is 0 Å². The molecule has 29 heavy (non-hydrogen) atoms. The van der Waals surface area contributed by atoms with E-state index in [0.717, 1.165) is 17.0 Å². The molecule has 7 heteroatoms. The van der Waals surface area contributed by atoms with E-state index in [2.05, 4.69) is 0 Å². The number of anilines is 1. The van der Waals surface area contributed by atoms with Gasteiger partial charge in [0.05, 0.1) is 22.3 Å². The summed E-state index contributed by atoms with van der Waals surface area (Å²) in [7, 11) is 0. The molecule has 2 amide bonds. The van der Waals surface area contributed by atoms with Crippen LogP contribution in [0.2, 0.25) is 0 Å². The molecule has 2 aromatic rings. The van der Waals surface area contributed by atoms with Crippen LogP contribution in [0.3, 0.4) is 0 Å². The Labute approximate surface area is 172 Å². The standard InChI is InChI=1S/C22H21F2NO3S/c1-12(2)28-16-8-5-14(6-9-16)19-20(29-13(3)4)22(27)25(21(19)26)18-10-7-15(23)11-17(18)24/h5-13H,1-4H3. The Morgan fingerprint density at radius 1 is 0.931 bits per heavy atom. The number of benzene rings is 2. The Kier molecular flexibility index (Phi) is 6.07. The van der Waals surface area contributed by atoms with Crippen LogP contribution in [0.15, 0.2) is 47.4 Å². The number of amides is 2. The molecular weight excluding hydrogens is 396 g/mol. The van der Waals surface area contributed by atoms with Crippen LogP contribution in [0, 0.1) is 11.6 Å². The van der Waals surface area contributed by atoms with Gasteiger partial charge in [0.15, 0.2) is 0 Å². The number of thioether (sulfide) groups is 1. The fourth-order valence-corrected chi connectivity index (χ4v) is 3.95. The molecule has 2 aromatic carbocycles. The molecule has 3 rings (SSSR count). The average molecular weight is 417 g/mol. The van der Waals surface area contributed by atoms with E-state index in [9.17, 15) is 18.4 Å². The second-order valence-corrected chi connectivity index (χ2v) is 8.69. The van der Waals surface area contributed by atoms with Crippen molar-refractivity contribution in [3.8, 4) is 5.75 Å². The first kappa shape index (κ1) is 21.0. The number of imide groups is 1. The van der Waals surface area contributed by atoms with Gasteiger partial charge >= 0.3 is 0 Å². The normalized spacial score (nSPS) is 14.6. The summed E-state index contributed by atoms with van der Waals surface area (Å²) in [5.74, 6) is -2.36. The van der Waals surface area contributed by atoms with Gasteiger partial charge in [0.2, 0.25) is 0 Å². The lowest BCUT2D eigenvalue weighted by molar-refractivity contribution is -0.119. The molecule has 1 aliphatic heterocycles. The molecule has 0 atom stereocenters. The van der Waals surface area contributed by atoms with Gasteiger partial charge in [-0.2, -0.15) is 0 Å². The van der Waals surface area contributed by atoms with Gasteiger partial charge in [0.1, 0.15) is 17.4 Å². The highest BCUT2D eigenvalue weighted by Gasteiger charge is 2.41. The largest absolute Gasteiger partial charge is 0.491 e. The van der Waals surface area contributed by atoms with Crippen LogP contribution in [0.4, 0.5) is 14.5 Å². The van der Waals surface area contributed by atoms with E-state index in [1.54, 1.807) is 24.3 Å². The highest BCUT2D eigenvalue weighted by molar-refractivity contribution is 8.04. The zero-order valence-corrected chi connectivity index (χ0v) is 17.3. The van der Waals surface area contributed by atoms with Crippen LogP contribution < -0.4 is 9.64 Å². The Hall–Kier alpha value is -2.67. The molecule has 1 aliphatic rings. The van der Waals surface area contributed by atoms with Crippen molar-refractivity contribution in [1.82, 2.24) is 0 Å². The van der Waals surface area contributed by atoms with E-state index >= 15 is 0 Å². The van der Waals surface area contributed by atoms with Crippen LogP contribution in [-0.4, -0.2) is 23.2 Å². The summed E-state index contributed by atoms with van der Waals surface area (Å²) in [4.78, 5) is 27.2. The van der Waals surface area contributed by atoms with E-state index in [1.165, 1.54) is 11.8 Å². The molecule has 0 unspecified atom stereocenters. The Morgan fingerprint density at radius 2 is 1.59 bits per heavy atom. The number of hydrogen-bond donors (Lipinski definition) is 0. The number of rotatable bonds is 6. The third-order valence-corrected chi connectivity index (χ3v) is 5.15. The van der Waals surface area contributed by atoms with Crippen LogP contribution >= 0.6 is 11.8 Å². The predicted molar refractivity (Wildman–Crippen MR) is 111 cm³/mol. The number of carbonyl (C=O) groups excluding carboxylic acids is 2. The number of nitrogens with zero attached hydrogens (tertiary/aromatic N) is 1. The van der Waals surface area contributed by atoms with Crippen LogP contribution in [0.1, 0.15) is 33.3 Å². The fourth-order valence-electron chi connectivity index (χ4n) is 2.96. The van der Waals surface area contributed by atoms with Crippen molar-refractivity contribution in [3.05, 3.63) is 64.6 Å². The number of halogens is 2. The van der Waals surface area contributed by atoms with Crippen LogP contribution in [-0.2, 0) is 9.59 Å². The van der Waals surface area contributed by atoms with Gasteiger partial charge < -0.3 is 4.74 Å². The maximum atomic E-state index is 14.3. The van der Waals surface area contributed by atoms with E-state index in [0.29, 0.717) is 17.4 Å². The summed E-state index contributed by atoms with van der Waals surface area (Å²) in [5.41, 5.74) is 0.471. The van der Waals surface area contributed by atoms with Gasteiger partial charge in [-0.15, -0.1) is 11.8 Å². The minimum atomic E-state index is -0.970.